The minimum Gasteiger partial charge on any atom is -0.354 e. The van der Waals surface area contributed by atoms with Crippen LogP contribution in [0.25, 0.3) is 0 Å². The van der Waals surface area contributed by atoms with Gasteiger partial charge < -0.3 is 10.6 Å². The van der Waals surface area contributed by atoms with Crippen LogP contribution in [0.15, 0.2) is 30.3 Å². The van der Waals surface area contributed by atoms with Crippen molar-refractivity contribution in [1.29, 1.82) is 0 Å². The first-order chi connectivity index (χ1) is 11.9. The quantitative estimate of drug-likeness (QED) is 0.723. The number of nitrogens with zero attached hydrogens (tertiary/aromatic N) is 1. The predicted molar refractivity (Wildman–Crippen MR) is 107 cm³/mol. The highest BCUT2D eigenvalue weighted by Crippen LogP contribution is 2.36. The van der Waals surface area contributed by atoms with Gasteiger partial charge in [0.1, 0.15) is 0 Å². The number of carbonyl (C=O) groups is 1. The fourth-order valence-corrected chi connectivity index (χ4v) is 4.35. The first-order valence-corrected chi connectivity index (χ1v) is 10.5. The molecule has 0 aromatic heterocycles. The van der Waals surface area contributed by atoms with E-state index in [-0.39, 0.29) is 30.1 Å². The lowest BCUT2D eigenvalue weighted by molar-refractivity contribution is -0.128. The minimum absolute atomic E-state index is 0. The van der Waals surface area contributed by atoms with E-state index in [1.54, 1.807) is 6.92 Å². The average Bonchev–Trinajstić information content (AvgIpc) is 2.66. The van der Waals surface area contributed by atoms with Crippen LogP contribution in [0, 0.1) is 0 Å². The van der Waals surface area contributed by atoms with Gasteiger partial charge in [0.05, 0.1) is 11.2 Å². The number of benzene rings is 1. The first kappa shape index (κ1) is 22.9. The van der Waals surface area contributed by atoms with Gasteiger partial charge in [-0.15, -0.1) is 12.4 Å². The average molecular weight is 404 g/mol. The lowest BCUT2D eigenvalue weighted by Crippen LogP contribution is -2.54. The molecule has 26 heavy (non-hydrogen) atoms. The maximum atomic E-state index is 13.1. The van der Waals surface area contributed by atoms with Gasteiger partial charge in [-0.1, -0.05) is 30.3 Å². The number of piperidine rings is 1. The van der Waals surface area contributed by atoms with E-state index in [4.69, 9.17) is 0 Å². The third-order valence-corrected chi connectivity index (χ3v) is 7.04. The molecule has 148 valence electrons. The van der Waals surface area contributed by atoms with Crippen molar-refractivity contribution in [3.8, 4) is 0 Å². The molecule has 1 heterocycles. The number of rotatable bonds is 7. The smallest absolute Gasteiger partial charge is 0.230 e. The van der Waals surface area contributed by atoms with Gasteiger partial charge in [-0.2, -0.15) is 0 Å². The SMILES string of the molecule is CCS(=O)(=O)N1CCC(C(=O)NCC(C)NC)(c2ccccc2)CC1.Cl. The van der Waals surface area contributed by atoms with Gasteiger partial charge in [0.2, 0.25) is 15.9 Å². The number of likely N-dealkylation sites (N-methyl/N-ethyl adjacent to an activating group) is 1. The molecule has 1 amide bonds. The Hall–Kier alpha value is -1.15. The highest BCUT2D eigenvalue weighted by Gasteiger charge is 2.44. The van der Waals surface area contributed by atoms with Crippen LogP contribution in [0.4, 0.5) is 0 Å². The molecule has 1 atom stereocenters. The van der Waals surface area contributed by atoms with Crippen molar-refractivity contribution in [2.24, 2.45) is 0 Å². The zero-order chi connectivity index (χ0) is 18.5. The second-order valence-corrected chi connectivity index (χ2v) is 8.91. The van der Waals surface area contributed by atoms with Crippen LogP contribution in [0.2, 0.25) is 0 Å². The van der Waals surface area contributed by atoms with E-state index >= 15 is 0 Å². The number of carbonyl (C=O) groups excluding carboxylic acids is 1. The van der Waals surface area contributed by atoms with Crippen LogP contribution in [0.5, 0.6) is 0 Å². The van der Waals surface area contributed by atoms with Gasteiger partial charge in [-0.25, -0.2) is 12.7 Å². The third-order valence-electron chi connectivity index (χ3n) is 5.16. The van der Waals surface area contributed by atoms with E-state index in [1.165, 1.54) is 4.31 Å². The number of hydrogen-bond donors (Lipinski definition) is 2. The highest BCUT2D eigenvalue weighted by atomic mass is 35.5. The maximum Gasteiger partial charge on any atom is 0.230 e. The fourth-order valence-electron chi connectivity index (χ4n) is 3.25. The Labute approximate surface area is 163 Å². The lowest BCUT2D eigenvalue weighted by Gasteiger charge is -2.40. The van der Waals surface area contributed by atoms with Gasteiger partial charge in [0.25, 0.3) is 0 Å². The summed E-state index contributed by atoms with van der Waals surface area (Å²) in [6.07, 6.45) is 0.992. The fraction of sp³-hybridized carbons (Fsp3) is 0.611. The van der Waals surface area contributed by atoms with Crippen LogP contribution in [0.1, 0.15) is 32.3 Å². The molecule has 1 aliphatic rings. The molecule has 2 N–H and O–H groups in total. The van der Waals surface area contributed by atoms with Gasteiger partial charge in [0.15, 0.2) is 0 Å². The molecule has 1 aromatic carbocycles. The Kier molecular flexibility index (Phi) is 8.53. The molecule has 0 spiro atoms. The van der Waals surface area contributed by atoms with Crippen LogP contribution in [-0.4, -0.2) is 57.1 Å². The van der Waals surface area contributed by atoms with Crippen LogP contribution in [-0.2, 0) is 20.2 Å². The predicted octanol–water partition coefficient (Wildman–Crippen LogP) is 1.52. The highest BCUT2D eigenvalue weighted by molar-refractivity contribution is 7.89. The zero-order valence-corrected chi connectivity index (χ0v) is 17.3. The van der Waals surface area contributed by atoms with Crippen molar-refractivity contribution < 1.29 is 13.2 Å². The Morgan fingerprint density at radius 3 is 2.31 bits per heavy atom. The molecule has 1 aliphatic heterocycles. The molecular formula is C18H30ClN3O3S. The largest absolute Gasteiger partial charge is 0.354 e. The molecule has 8 heteroatoms. The summed E-state index contributed by atoms with van der Waals surface area (Å²) in [4.78, 5) is 13.1. The summed E-state index contributed by atoms with van der Waals surface area (Å²) >= 11 is 0. The number of halogens is 1. The van der Waals surface area contributed by atoms with E-state index < -0.39 is 15.4 Å². The van der Waals surface area contributed by atoms with E-state index in [2.05, 4.69) is 10.6 Å². The molecule has 0 aliphatic carbocycles. The molecule has 0 bridgehead atoms. The summed E-state index contributed by atoms with van der Waals surface area (Å²) < 4.78 is 25.8. The summed E-state index contributed by atoms with van der Waals surface area (Å²) in [5.74, 6) is 0.0753. The van der Waals surface area contributed by atoms with Gasteiger partial charge in [-0.3, -0.25) is 4.79 Å². The monoisotopic (exact) mass is 403 g/mol. The first-order valence-electron chi connectivity index (χ1n) is 8.84. The van der Waals surface area contributed by atoms with Crippen molar-refractivity contribution in [2.45, 2.75) is 38.1 Å². The van der Waals surface area contributed by atoms with Crippen molar-refractivity contribution in [1.82, 2.24) is 14.9 Å². The third kappa shape index (κ3) is 4.97. The number of amides is 1. The lowest BCUT2D eigenvalue weighted by atomic mass is 9.72. The van der Waals surface area contributed by atoms with Crippen LogP contribution in [0.3, 0.4) is 0 Å². The van der Waals surface area contributed by atoms with Crippen molar-refractivity contribution in [3.63, 3.8) is 0 Å². The van der Waals surface area contributed by atoms with E-state index in [0.717, 1.165) is 5.56 Å². The molecule has 1 aromatic rings. The molecule has 6 nitrogen and oxygen atoms in total. The Bertz CT molecular complexity index is 674. The molecule has 1 fully saturated rings. The van der Waals surface area contributed by atoms with Gasteiger partial charge in [-0.05, 0) is 39.3 Å². The Balaban J connectivity index is 0.00000338. The van der Waals surface area contributed by atoms with Crippen molar-refractivity contribution >= 4 is 28.3 Å². The summed E-state index contributed by atoms with van der Waals surface area (Å²) in [7, 11) is -1.36. The topological polar surface area (TPSA) is 78.5 Å². The summed E-state index contributed by atoms with van der Waals surface area (Å²) in [6.45, 7) is 4.95. The minimum atomic E-state index is -3.22. The van der Waals surface area contributed by atoms with E-state index in [0.29, 0.717) is 32.5 Å². The van der Waals surface area contributed by atoms with E-state index in [1.807, 2.05) is 44.3 Å². The van der Waals surface area contributed by atoms with Gasteiger partial charge in [0, 0.05) is 25.7 Å². The Morgan fingerprint density at radius 1 is 1.23 bits per heavy atom. The molecule has 2 rings (SSSR count). The maximum absolute atomic E-state index is 13.1. The number of nitrogens with one attached hydrogen (secondary N) is 2. The number of hydrogen-bond acceptors (Lipinski definition) is 4. The molecule has 1 saturated heterocycles. The zero-order valence-electron chi connectivity index (χ0n) is 15.7. The second-order valence-electron chi connectivity index (χ2n) is 6.65. The summed E-state index contributed by atoms with van der Waals surface area (Å²) in [5.41, 5.74) is 0.284. The summed E-state index contributed by atoms with van der Waals surface area (Å²) in [6, 6.07) is 9.88. The van der Waals surface area contributed by atoms with Crippen LogP contribution >= 0.6 is 12.4 Å². The number of sulfonamides is 1. The Morgan fingerprint density at radius 2 is 1.81 bits per heavy atom. The molecule has 0 radical (unpaired) electrons. The summed E-state index contributed by atoms with van der Waals surface area (Å²) in [5, 5.41) is 6.15. The van der Waals surface area contributed by atoms with Crippen LogP contribution < -0.4 is 10.6 Å². The standard InChI is InChI=1S/C18H29N3O3S.ClH/c1-4-25(23,24)21-12-10-18(11-13-21,16-8-6-5-7-9-16)17(22)20-14-15(2)19-3;/h5-9,15,19H,4,10-14H2,1-3H3,(H,20,22);1H. The van der Waals surface area contributed by atoms with Gasteiger partial charge >= 0.3 is 0 Å². The molecule has 1 unspecified atom stereocenters. The van der Waals surface area contributed by atoms with Crippen molar-refractivity contribution in [2.75, 3.05) is 32.4 Å². The molecule has 0 saturated carbocycles. The second kappa shape index (κ2) is 9.69. The normalized spacial score (nSPS) is 18.6. The van der Waals surface area contributed by atoms with E-state index in [9.17, 15) is 13.2 Å². The van der Waals surface area contributed by atoms with Crippen molar-refractivity contribution in [3.05, 3.63) is 35.9 Å². The molecular weight excluding hydrogens is 374 g/mol.